The molecular formula is C11H17NO. The molecule has 72 valence electrons. The Morgan fingerprint density at radius 1 is 1.46 bits per heavy atom. The van der Waals surface area contributed by atoms with Crippen molar-refractivity contribution in [1.82, 2.24) is 0 Å². The first-order valence-corrected chi connectivity index (χ1v) is 4.70. The van der Waals surface area contributed by atoms with Crippen LogP contribution in [0, 0.1) is 6.92 Å². The minimum Gasteiger partial charge on any atom is -0.508 e. The van der Waals surface area contributed by atoms with E-state index >= 15 is 0 Å². The van der Waals surface area contributed by atoms with Crippen molar-refractivity contribution in [3.63, 3.8) is 0 Å². The van der Waals surface area contributed by atoms with E-state index in [0.717, 1.165) is 24.0 Å². The molecule has 0 unspecified atom stereocenters. The van der Waals surface area contributed by atoms with E-state index in [1.165, 1.54) is 0 Å². The minimum atomic E-state index is 0.0529. The van der Waals surface area contributed by atoms with Crippen molar-refractivity contribution in [2.75, 3.05) is 0 Å². The predicted molar refractivity (Wildman–Crippen MR) is 54.7 cm³/mol. The van der Waals surface area contributed by atoms with Gasteiger partial charge in [-0.2, -0.15) is 0 Å². The molecule has 1 atom stereocenters. The number of hydrogen-bond donors (Lipinski definition) is 2. The molecule has 0 spiro atoms. The van der Waals surface area contributed by atoms with Gasteiger partial charge in [0, 0.05) is 6.04 Å². The molecule has 0 aliphatic carbocycles. The van der Waals surface area contributed by atoms with Gasteiger partial charge in [-0.1, -0.05) is 19.4 Å². The van der Waals surface area contributed by atoms with E-state index in [4.69, 9.17) is 5.73 Å². The molecule has 0 aromatic heterocycles. The first kappa shape index (κ1) is 10.1. The van der Waals surface area contributed by atoms with E-state index < -0.39 is 0 Å². The summed E-state index contributed by atoms with van der Waals surface area (Å²) in [6, 6.07) is 5.41. The van der Waals surface area contributed by atoms with Gasteiger partial charge in [0.1, 0.15) is 5.75 Å². The highest BCUT2D eigenvalue weighted by molar-refractivity contribution is 5.35. The van der Waals surface area contributed by atoms with Gasteiger partial charge in [0.15, 0.2) is 0 Å². The van der Waals surface area contributed by atoms with Gasteiger partial charge in [-0.3, -0.25) is 0 Å². The second-order valence-corrected chi connectivity index (χ2v) is 3.44. The van der Waals surface area contributed by atoms with Gasteiger partial charge in [0.05, 0.1) is 0 Å². The minimum absolute atomic E-state index is 0.0529. The maximum Gasteiger partial charge on any atom is 0.115 e. The lowest BCUT2D eigenvalue weighted by Gasteiger charge is -2.13. The molecule has 0 saturated carbocycles. The van der Waals surface area contributed by atoms with Crippen LogP contribution in [-0.4, -0.2) is 5.11 Å². The van der Waals surface area contributed by atoms with Crippen LogP contribution in [0.5, 0.6) is 5.75 Å². The lowest BCUT2D eigenvalue weighted by molar-refractivity contribution is 0.473. The fraction of sp³-hybridized carbons (Fsp3) is 0.455. The number of hydrogen-bond acceptors (Lipinski definition) is 2. The normalized spacial score (nSPS) is 12.8. The van der Waals surface area contributed by atoms with Crippen molar-refractivity contribution in [3.05, 3.63) is 29.3 Å². The molecule has 0 aliphatic heterocycles. The van der Waals surface area contributed by atoms with Crippen LogP contribution in [0.25, 0.3) is 0 Å². The van der Waals surface area contributed by atoms with Crippen LogP contribution in [0.3, 0.4) is 0 Å². The van der Waals surface area contributed by atoms with Crippen LogP contribution in [0.2, 0.25) is 0 Å². The molecule has 2 nitrogen and oxygen atoms in total. The highest BCUT2D eigenvalue weighted by Gasteiger charge is 2.08. The Labute approximate surface area is 79.4 Å². The zero-order valence-corrected chi connectivity index (χ0v) is 8.25. The molecule has 0 bridgehead atoms. The number of rotatable bonds is 3. The van der Waals surface area contributed by atoms with Gasteiger partial charge >= 0.3 is 0 Å². The number of aryl methyl sites for hydroxylation is 1. The van der Waals surface area contributed by atoms with Gasteiger partial charge in [-0.05, 0) is 36.6 Å². The third kappa shape index (κ3) is 2.46. The highest BCUT2D eigenvalue weighted by Crippen LogP contribution is 2.23. The van der Waals surface area contributed by atoms with E-state index in [0.29, 0.717) is 5.75 Å². The van der Waals surface area contributed by atoms with E-state index in [9.17, 15) is 5.11 Å². The monoisotopic (exact) mass is 179 g/mol. The van der Waals surface area contributed by atoms with Crippen molar-refractivity contribution in [3.8, 4) is 5.75 Å². The summed E-state index contributed by atoms with van der Waals surface area (Å²) in [6.07, 6.45) is 2.03. The fourth-order valence-electron chi connectivity index (χ4n) is 1.49. The van der Waals surface area contributed by atoms with Crippen molar-refractivity contribution in [2.45, 2.75) is 32.7 Å². The topological polar surface area (TPSA) is 46.2 Å². The molecule has 13 heavy (non-hydrogen) atoms. The fourth-order valence-corrected chi connectivity index (χ4v) is 1.49. The van der Waals surface area contributed by atoms with Gasteiger partial charge < -0.3 is 10.8 Å². The van der Waals surface area contributed by atoms with Crippen LogP contribution < -0.4 is 5.73 Å². The maximum absolute atomic E-state index is 9.30. The summed E-state index contributed by atoms with van der Waals surface area (Å²) in [5.41, 5.74) is 8.17. The van der Waals surface area contributed by atoms with Crippen molar-refractivity contribution >= 4 is 0 Å². The quantitative estimate of drug-likeness (QED) is 0.748. The largest absolute Gasteiger partial charge is 0.508 e. The molecule has 2 heteroatoms. The summed E-state index contributed by atoms with van der Waals surface area (Å²) >= 11 is 0. The molecule has 0 saturated heterocycles. The first-order chi connectivity index (χ1) is 6.15. The molecule has 0 heterocycles. The lowest BCUT2D eigenvalue weighted by atomic mass is 9.98. The Morgan fingerprint density at radius 3 is 2.77 bits per heavy atom. The van der Waals surface area contributed by atoms with Gasteiger partial charge in [0.2, 0.25) is 0 Å². The predicted octanol–water partition coefficient (Wildman–Crippen LogP) is 2.50. The van der Waals surface area contributed by atoms with Gasteiger partial charge in [-0.15, -0.1) is 0 Å². The number of benzene rings is 1. The van der Waals surface area contributed by atoms with Crippen molar-refractivity contribution < 1.29 is 5.11 Å². The number of phenols is 1. The zero-order valence-electron chi connectivity index (χ0n) is 8.25. The Hall–Kier alpha value is -1.02. The summed E-state index contributed by atoms with van der Waals surface area (Å²) in [5.74, 6) is 0.298. The number of phenolic OH excluding ortho intramolecular Hbond substituents is 1. The highest BCUT2D eigenvalue weighted by atomic mass is 16.3. The molecule has 1 aromatic carbocycles. The second-order valence-electron chi connectivity index (χ2n) is 3.44. The maximum atomic E-state index is 9.30. The second kappa shape index (κ2) is 4.28. The van der Waals surface area contributed by atoms with E-state index in [-0.39, 0.29) is 6.04 Å². The van der Waals surface area contributed by atoms with E-state index in [2.05, 4.69) is 6.92 Å². The summed E-state index contributed by atoms with van der Waals surface area (Å²) < 4.78 is 0. The van der Waals surface area contributed by atoms with Gasteiger partial charge in [-0.25, -0.2) is 0 Å². The Morgan fingerprint density at radius 2 is 2.15 bits per heavy atom. The summed E-state index contributed by atoms with van der Waals surface area (Å²) in [4.78, 5) is 0. The van der Waals surface area contributed by atoms with Crippen molar-refractivity contribution in [1.29, 1.82) is 0 Å². The molecule has 0 radical (unpaired) electrons. The molecule has 1 rings (SSSR count). The SMILES string of the molecule is CCC[C@@H](N)c1cc(O)ccc1C. The summed E-state index contributed by atoms with van der Waals surface area (Å²) in [7, 11) is 0. The zero-order chi connectivity index (χ0) is 9.84. The standard InChI is InChI=1S/C11H17NO/c1-3-4-11(12)10-7-9(13)6-5-8(10)2/h5-7,11,13H,3-4,12H2,1-2H3/t11-/m1/s1. The first-order valence-electron chi connectivity index (χ1n) is 4.70. The average molecular weight is 179 g/mol. The molecule has 1 aromatic rings. The van der Waals surface area contributed by atoms with E-state index in [1.54, 1.807) is 12.1 Å². The summed E-state index contributed by atoms with van der Waals surface area (Å²) in [6.45, 7) is 4.13. The van der Waals surface area contributed by atoms with Gasteiger partial charge in [0.25, 0.3) is 0 Å². The van der Waals surface area contributed by atoms with E-state index in [1.807, 2.05) is 13.0 Å². The van der Waals surface area contributed by atoms with Crippen molar-refractivity contribution in [2.24, 2.45) is 5.73 Å². The molecule has 0 fully saturated rings. The lowest BCUT2D eigenvalue weighted by Crippen LogP contribution is -2.10. The third-order valence-corrected chi connectivity index (χ3v) is 2.26. The van der Waals surface area contributed by atoms with Crippen LogP contribution in [-0.2, 0) is 0 Å². The third-order valence-electron chi connectivity index (χ3n) is 2.26. The Balaban J connectivity index is 2.91. The van der Waals surface area contributed by atoms with Crippen LogP contribution in [0.4, 0.5) is 0 Å². The molecule has 0 amide bonds. The summed E-state index contributed by atoms with van der Waals surface area (Å²) in [5, 5.41) is 9.30. The van der Waals surface area contributed by atoms with Crippen LogP contribution >= 0.6 is 0 Å². The Kier molecular flexibility index (Phi) is 3.32. The average Bonchev–Trinajstić information content (AvgIpc) is 2.09. The molecule has 3 N–H and O–H groups in total. The Bertz CT molecular complexity index is 283. The van der Waals surface area contributed by atoms with Crippen LogP contribution in [0.1, 0.15) is 36.9 Å². The number of nitrogens with two attached hydrogens (primary N) is 1. The van der Waals surface area contributed by atoms with Crippen LogP contribution in [0.15, 0.2) is 18.2 Å². The molecular weight excluding hydrogens is 162 g/mol. The smallest absolute Gasteiger partial charge is 0.115 e. The number of aromatic hydroxyl groups is 1. The molecule has 0 aliphatic rings.